The number of halogens is 1. The fourth-order valence-corrected chi connectivity index (χ4v) is 1.80. The summed E-state index contributed by atoms with van der Waals surface area (Å²) in [7, 11) is 3.38. The Balaban J connectivity index is 2.09. The van der Waals surface area contributed by atoms with Gasteiger partial charge in [-0.1, -0.05) is 0 Å². The molecule has 0 saturated heterocycles. The van der Waals surface area contributed by atoms with Crippen LogP contribution in [0.5, 0.6) is 5.88 Å². The lowest BCUT2D eigenvalue weighted by atomic mass is 10.2. The lowest BCUT2D eigenvalue weighted by molar-refractivity contribution is 0.397. The van der Waals surface area contributed by atoms with Crippen LogP contribution in [0.15, 0.2) is 29.0 Å². The minimum atomic E-state index is 0.568. The van der Waals surface area contributed by atoms with Crippen molar-refractivity contribution in [2.45, 2.75) is 6.54 Å². The van der Waals surface area contributed by atoms with Crippen LogP contribution < -0.4 is 15.4 Å². The average Bonchev–Trinajstić information content (AvgIpc) is 2.46. The number of ether oxygens (including phenoxy) is 1. The van der Waals surface area contributed by atoms with Crippen LogP contribution in [0.2, 0.25) is 0 Å². The van der Waals surface area contributed by atoms with E-state index in [0.717, 1.165) is 15.9 Å². The molecule has 0 aliphatic carbocycles. The Kier molecular flexibility index (Phi) is 4.51. The van der Waals surface area contributed by atoms with E-state index in [9.17, 15) is 0 Å². The lowest BCUT2D eigenvalue weighted by Gasteiger charge is -2.09. The molecule has 0 aromatic carbocycles. The van der Waals surface area contributed by atoms with E-state index in [1.807, 2.05) is 12.1 Å². The predicted octanol–water partition coefficient (Wildman–Crippen LogP) is 2.30. The Morgan fingerprint density at radius 1 is 1.37 bits per heavy atom. The van der Waals surface area contributed by atoms with E-state index in [-0.39, 0.29) is 0 Å². The molecule has 2 aromatic heterocycles. The molecule has 0 atom stereocenters. The Hall–Kier alpha value is -1.89. The molecule has 0 saturated carbocycles. The summed E-state index contributed by atoms with van der Waals surface area (Å²) < 4.78 is 5.90. The summed E-state index contributed by atoms with van der Waals surface area (Å²) in [4.78, 5) is 12.5. The molecule has 0 unspecified atom stereocenters. The number of aromatic nitrogens is 3. The van der Waals surface area contributed by atoms with Crippen molar-refractivity contribution in [2.24, 2.45) is 0 Å². The molecule has 6 nitrogen and oxygen atoms in total. The summed E-state index contributed by atoms with van der Waals surface area (Å²) in [5, 5.41) is 6.13. The van der Waals surface area contributed by atoms with Gasteiger partial charge in [0, 0.05) is 32.1 Å². The average molecular weight is 324 g/mol. The highest BCUT2D eigenvalue weighted by Crippen LogP contribution is 2.21. The minimum Gasteiger partial charge on any atom is -0.481 e. The van der Waals surface area contributed by atoms with Crippen LogP contribution in [0, 0.1) is 0 Å². The van der Waals surface area contributed by atoms with Gasteiger partial charge in [-0.3, -0.25) is 0 Å². The van der Waals surface area contributed by atoms with Gasteiger partial charge < -0.3 is 15.4 Å². The molecular weight excluding hydrogens is 310 g/mol. The molecule has 0 bridgehead atoms. The van der Waals surface area contributed by atoms with Gasteiger partial charge in [-0.05, 0) is 27.6 Å². The second kappa shape index (κ2) is 6.33. The van der Waals surface area contributed by atoms with Crippen molar-refractivity contribution in [3.63, 3.8) is 0 Å². The molecule has 2 rings (SSSR count). The number of nitrogens with zero attached hydrogens (tertiary/aromatic N) is 3. The first-order valence-corrected chi connectivity index (χ1v) is 6.45. The second-order valence-corrected chi connectivity index (χ2v) is 4.55. The molecule has 0 radical (unpaired) electrons. The number of nitrogens with one attached hydrogen (secondary N) is 2. The number of hydrogen-bond donors (Lipinski definition) is 2. The van der Waals surface area contributed by atoms with Crippen molar-refractivity contribution in [3.8, 4) is 5.88 Å². The molecule has 2 N–H and O–H groups in total. The number of rotatable bonds is 5. The fraction of sp³-hybridized carbons (Fsp3) is 0.250. The molecule has 0 amide bonds. The van der Waals surface area contributed by atoms with Crippen LogP contribution in [0.25, 0.3) is 0 Å². The Morgan fingerprint density at radius 2 is 2.21 bits per heavy atom. The van der Waals surface area contributed by atoms with Crippen molar-refractivity contribution in [1.29, 1.82) is 0 Å². The van der Waals surface area contributed by atoms with E-state index < -0.39 is 0 Å². The molecule has 7 heteroatoms. The molecule has 2 aromatic rings. The molecule has 0 fully saturated rings. The van der Waals surface area contributed by atoms with Crippen molar-refractivity contribution < 1.29 is 4.74 Å². The first-order chi connectivity index (χ1) is 9.22. The van der Waals surface area contributed by atoms with E-state index in [0.29, 0.717) is 18.4 Å². The molecule has 100 valence electrons. The zero-order valence-electron chi connectivity index (χ0n) is 10.6. The monoisotopic (exact) mass is 323 g/mol. The summed E-state index contributed by atoms with van der Waals surface area (Å²) in [6.45, 7) is 0.623. The van der Waals surface area contributed by atoms with E-state index >= 15 is 0 Å². The smallest absolute Gasteiger partial charge is 0.224 e. The van der Waals surface area contributed by atoms with Gasteiger partial charge in [0.05, 0.1) is 11.6 Å². The summed E-state index contributed by atoms with van der Waals surface area (Å²) in [5.41, 5.74) is 1.06. The molecule has 0 aliphatic heterocycles. The van der Waals surface area contributed by atoms with Crippen LogP contribution in [0.4, 0.5) is 11.8 Å². The standard InChI is InChI=1S/C12H14BrN5O/c1-14-12-17-7-9(13)11(18-12)16-6-8-3-4-15-10(5-8)19-2/h3-5,7H,6H2,1-2H3,(H2,14,16,17,18). The van der Waals surface area contributed by atoms with Crippen LogP contribution in [-0.4, -0.2) is 29.1 Å². The van der Waals surface area contributed by atoms with Gasteiger partial charge in [0.15, 0.2) is 0 Å². The largest absolute Gasteiger partial charge is 0.481 e. The van der Waals surface area contributed by atoms with Crippen molar-refractivity contribution in [3.05, 3.63) is 34.6 Å². The first kappa shape index (κ1) is 13.5. The van der Waals surface area contributed by atoms with E-state index in [1.165, 1.54) is 0 Å². The number of methoxy groups -OCH3 is 1. The maximum absolute atomic E-state index is 5.08. The Morgan fingerprint density at radius 3 is 2.95 bits per heavy atom. The molecule has 0 spiro atoms. The third-order valence-electron chi connectivity index (χ3n) is 2.44. The van der Waals surface area contributed by atoms with E-state index in [2.05, 4.69) is 41.5 Å². The topological polar surface area (TPSA) is 72.0 Å². The van der Waals surface area contributed by atoms with E-state index in [4.69, 9.17) is 4.74 Å². The molecular formula is C12H14BrN5O. The van der Waals surface area contributed by atoms with Crippen molar-refractivity contribution in [1.82, 2.24) is 15.0 Å². The fourth-order valence-electron chi connectivity index (χ4n) is 1.47. The highest BCUT2D eigenvalue weighted by Gasteiger charge is 2.04. The van der Waals surface area contributed by atoms with Crippen molar-refractivity contribution in [2.75, 3.05) is 24.8 Å². The molecule has 2 heterocycles. The van der Waals surface area contributed by atoms with Gasteiger partial charge in [0.25, 0.3) is 0 Å². The predicted molar refractivity (Wildman–Crippen MR) is 77.4 cm³/mol. The van der Waals surface area contributed by atoms with Gasteiger partial charge in [-0.25, -0.2) is 9.97 Å². The number of pyridine rings is 1. The Labute approximate surface area is 119 Å². The summed E-state index contributed by atoms with van der Waals surface area (Å²) in [5.74, 6) is 1.89. The van der Waals surface area contributed by atoms with Gasteiger partial charge in [0.2, 0.25) is 11.8 Å². The van der Waals surface area contributed by atoms with Gasteiger partial charge in [-0.2, -0.15) is 4.98 Å². The molecule has 0 aliphatic rings. The number of hydrogen-bond acceptors (Lipinski definition) is 6. The van der Waals surface area contributed by atoms with Crippen LogP contribution >= 0.6 is 15.9 Å². The van der Waals surface area contributed by atoms with Crippen LogP contribution in [0.1, 0.15) is 5.56 Å². The van der Waals surface area contributed by atoms with Crippen LogP contribution in [-0.2, 0) is 6.54 Å². The maximum Gasteiger partial charge on any atom is 0.224 e. The quantitative estimate of drug-likeness (QED) is 0.879. The summed E-state index contributed by atoms with van der Waals surface area (Å²) in [6.07, 6.45) is 3.41. The minimum absolute atomic E-state index is 0.568. The van der Waals surface area contributed by atoms with Crippen LogP contribution in [0.3, 0.4) is 0 Å². The van der Waals surface area contributed by atoms with Gasteiger partial charge in [-0.15, -0.1) is 0 Å². The maximum atomic E-state index is 5.08. The third-order valence-corrected chi connectivity index (χ3v) is 3.02. The zero-order valence-corrected chi connectivity index (χ0v) is 12.2. The van der Waals surface area contributed by atoms with Gasteiger partial charge >= 0.3 is 0 Å². The molecule has 19 heavy (non-hydrogen) atoms. The first-order valence-electron chi connectivity index (χ1n) is 5.66. The lowest BCUT2D eigenvalue weighted by Crippen LogP contribution is -2.05. The van der Waals surface area contributed by atoms with E-state index in [1.54, 1.807) is 26.6 Å². The highest BCUT2D eigenvalue weighted by atomic mass is 79.9. The van der Waals surface area contributed by atoms with Crippen molar-refractivity contribution >= 4 is 27.7 Å². The second-order valence-electron chi connectivity index (χ2n) is 3.70. The summed E-state index contributed by atoms with van der Waals surface area (Å²) >= 11 is 3.41. The summed E-state index contributed by atoms with van der Waals surface area (Å²) in [6, 6.07) is 3.80. The highest BCUT2D eigenvalue weighted by molar-refractivity contribution is 9.10. The normalized spacial score (nSPS) is 10.1. The zero-order chi connectivity index (χ0) is 13.7. The van der Waals surface area contributed by atoms with Gasteiger partial charge in [0.1, 0.15) is 5.82 Å². The number of anilines is 2. The Bertz CT molecular complexity index is 564. The SMILES string of the molecule is CNc1ncc(Br)c(NCc2ccnc(OC)c2)n1. The third kappa shape index (κ3) is 3.54.